The van der Waals surface area contributed by atoms with Crippen LogP contribution in [0.2, 0.25) is 0 Å². The third kappa shape index (κ3) is 4.04. The number of imidazole rings is 1. The zero-order valence-corrected chi connectivity index (χ0v) is 15.5. The summed E-state index contributed by atoms with van der Waals surface area (Å²) in [6, 6.07) is 11.5. The van der Waals surface area contributed by atoms with Gasteiger partial charge in [-0.1, -0.05) is 19.9 Å². The summed E-state index contributed by atoms with van der Waals surface area (Å²) in [5, 5.41) is 3.04. The van der Waals surface area contributed by atoms with Gasteiger partial charge in [-0.15, -0.1) is 0 Å². The Morgan fingerprint density at radius 1 is 1.19 bits per heavy atom. The molecular formula is C21H25N3O2. The molecule has 5 heteroatoms. The molecule has 0 saturated carbocycles. The molecule has 0 unspecified atom stereocenters. The number of benzene rings is 1. The number of nitrogens with one attached hydrogen (secondary N) is 1. The van der Waals surface area contributed by atoms with Crippen LogP contribution in [0, 0.1) is 6.92 Å². The molecule has 1 aromatic carbocycles. The number of pyridine rings is 1. The van der Waals surface area contributed by atoms with Crippen LogP contribution >= 0.6 is 0 Å². The smallest absolute Gasteiger partial charge is 0.251 e. The molecule has 3 rings (SSSR count). The fourth-order valence-electron chi connectivity index (χ4n) is 2.90. The number of ether oxygens (including phenoxy) is 1. The molecule has 0 atom stereocenters. The van der Waals surface area contributed by atoms with Gasteiger partial charge in [0.15, 0.2) is 0 Å². The summed E-state index contributed by atoms with van der Waals surface area (Å²) in [5.41, 5.74) is 3.59. The minimum atomic E-state index is -0.0407. The molecule has 0 radical (unpaired) electrons. The number of aryl methyl sites for hydroxylation is 1. The number of aromatic nitrogens is 2. The maximum Gasteiger partial charge on any atom is 0.251 e. The summed E-state index contributed by atoms with van der Waals surface area (Å²) in [6.45, 7) is 6.58. The van der Waals surface area contributed by atoms with Crippen molar-refractivity contribution in [3.63, 3.8) is 0 Å². The van der Waals surface area contributed by atoms with Gasteiger partial charge in [0.25, 0.3) is 5.91 Å². The first-order valence-electron chi connectivity index (χ1n) is 9.07. The van der Waals surface area contributed by atoms with Gasteiger partial charge in [-0.3, -0.25) is 4.79 Å². The second-order valence-electron chi connectivity index (χ2n) is 6.45. The van der Waals surface area contributed by atoms with E-state index in [4.69, 9.17) is 4.74 Å². The minimum absolute atomic E-state index is 0.0407. The van der Waals surface area contributed by atoms with Crippen LogP contribution in [0.5, 0.6) is 5.75 Å². The van der Waals surface area contributed by atoms with Gasteiger partial charge in [-0.2, -0.15) is 0 Å². The Bertz CT molecular complexity index is 880. The number of rotatable bonds is 7. The lowest BCUT2D eigenvalue weighted by atomic mass is 10.1. The third-order valence-electron chi connectivity index (χ3n) is 4.55. The fourth-order valence-corrected chi connectivity index (χ4v) is 2.90. The molecule has 1 amide bonds. The van der Waals surface area contributed by atoms with Gasteiger partial charge in [0.1, 0.15) is 18.0 Å². The summed E-state index contributed by atoms with van der Waals surface area (Å²) in [6.07, 6.45) is 5.82. The van der Waals surface area contributed by atoms with Crippen LogP contribution in [0.15, 0.2) is 48.8 Å². The van der Waals surface area contributed by atoms with E-state index in [0.29, 0.717) is 12.2 Å². The van der Waals surface area contributed by atoms with E-state index in [2.05, 4.69) is 24.1 Å². The maximum atomic E-state index is 12.2. The highest BCUT2D eigenvalue weighted by Gasteiger charge is 2.11. The monoisotopic (exact) mass is 351 g/mol. The number of nitrogens with zero attached hydrogens (tertiary/aromatic N) is 2. The van der Waals surface area contributed by atoms with Crippen molar-refractivity contribution in [3.05, 3.63) is 65.6 Å². The lowest BCUT2D eigenvalue weighted by molar-refractivity contribution is 0.0935. The van der Waals surface area contributed by atoms with E-state index in [1.165, 1.54) is 0 Å². The minimum Gasteiger partial charge on any atom is -0.487 e. The fraction of sp³-hybridized carbons (Fsp3) is 0.333. The van der Waals surface area contributed by atoms with E-state index in [-0.39, 0.29) is 11.9 Å². The molecule has 26 heavy (non-hydrogen) atoms. The van der Waals surface area contributed by atoms with Crippen LogP contribution in [-0.2, 0) is 6.61 Å². The zero-order chi connectivity index (χ0) is 18.5. The van der Waals surface area contributed by atoms with Gasteiger partial charge in [-0.05, 0) is 55.7 Å². The molecule has 2 aromatic heterocycles. The average molecular weight is 351 g/mol. The highest BCUT2D eigenvalue weighted by Crippen LogP contribution is 2.16. The molecule has 5 nitrogen and oxygen atoms in total. The second kappa shape index (κ2) is 8.04. The Kier molecular flexibility index (Phi) is 5.56. The predicted octanol–water partition coefficient (Wildman–Crippen LogP) is 4.14. The predicted molar refractivity (Wildman–Crippen MR) is 103 cm³/mol. The Morgan fingerprint density at radius 3 is 2.58 bits per heavy atom. The van der Waals surface area contributed by atoms with E-state index in [1.54, 1.807) is 12.1 Å². The SMILES string of the molecule is CCC(CC)NC(=O)c1ccc(OCc2cn3cccc(C)c3n2)cc1. The Balaban J connectivity index is 1.62. The lowest BCUT2D eigenvalue weighted by Crippen LogP contribution is -2.33. The first kappa shape index (κ1) is 18.0. The van der Waals surface area contributed by atoms with E-state index in [9.17, 15) is 4.79 Å². The normalized spacial score (nSPS) is 11.1. The number of fused-ring (bicyclic) bond motifs is 1. The number of hydrogen-bond acceptors (Lipinski definition) is 3. The van der Waals surface area contributed by atoms with Crippen molar-refractivity contribution < 1.29 is 9.53 Å². The maximum absolute atomic E-state index is 12.2. The summed E-state index contributed by atoms with van der Waals surface area (Å²) in [5.74, 6) is 0.680. The molecule has 1 N–H and O–H groups in total. The summed E-state index contributed by atoms with van der Waals surface area (Å²) in [4.78, 5) is 16.8. The van der Waals surface area contributed by atoms with Crippen LogP contribution in [0.1, 0.15) is 48.3 Å². The van der Waals surface area contributed by atoms with E-state index in [1.807, 2.05) is 48.0 Å². The topological polar surface area (TPSA) is 55.6 Å². The van der Waals surface area contributed by atoms with Gasteiger partial charge in [0.2, 0.25) is 0 Å². The van der Waals surface area contributed by atoms with Gasteiger partial charge in [-0.25, -0.2) is 4.98 Å². The first-order valence-corrected chi connectivity index (χ1v) is 9.07. The van der Waals surface area contributed by atoms with Crippen molar-refractivity contribution in [1.29, 1.82) is 0 Å². The van der Waals surface area contributed by atoms with Crippen molar-refractivity contribution in [3.8, 4) is 5.75 Å². The number of carbonyl (C=O) groups is 1. The van der Waals surface area contributed by atoms with Crippen LogP contribution in [0.4, 0.5) is 0 Å². The van der Waals surface area contributed by atoms with Gasteiger partial charge >= 0.3 is 0 Å². The summed E-state index contributed by atoms with van der Waals surface area (Å²) >= 11 is 0. The molecule has 2 heterocycles. The second-order valence-corrected chi connectivity index (χ2v) is 6.45. The average Bonchev–Trinajstić information content (AvgIpc) is 3.09. The van der Waals surface area contributed by atoms with Gasteiger partial charge in [0, 0.05) is 24.0 Å². The van der Waals surface area contributed by atoms with E-state index >= 15 is 0 Å². The van der Waals surface area contributed by atoms with Crippen LogP contribution in [0.25, 0.3) is 5.65 Å². The summed E-state index contributed by atoms with van der Waals surface area (Å²) in [7, 11) is 0. The number of hydrogen-bond donors (Lipinski definition) is 1. The quantitative estimate of drug-likeness (QED) is 0.696. The van der Waals surface area contributed by atoms with Crippen LogP contribution in [-0.4, -0.2) is 21.3 Å². The van der Waals surface area contributed by atoms with Gasteiger partial charge < -0.3 is 14.5 Å². The van der Waals surface area contributed by atoms with Crippen LogP contribution < -0.4 is 10.1 Å². The Morgan fingerprint density at radius 2 is 1.92 bits per heavy atom. The van der Waals surface area contributed by atoms with Crippen molar-refractivity contribution in [2.24, 2.45) is 0 Å². The molecular weight excluding hydrogens is 326 g/mol. The zero-order valence-electron chi connectivity index (χ0n) is 15.5. The molecule has 0 spiro atoms. The molecule has 0 aliphatic heterocycles. The van der Waals surface area contributed by atoms with Crippen molar-refractivity contribution >= 4 is 11.6 Å². The first-order chi connectivity index (χ1) is 12.6. The van der Waals surface area contributed by atoms with Gasteiger partial charge in [0.05, 0.1) is 5.69 Å². The molecule has 136 valence electrons. The van der Waals surface area contributed by atoms with Crippen LogP contribution in [0.3, 0.4) is 0 Å². The van der Waals surface area contributed by atoms with E-state index in [0.717, 1.165) is 35.5 Å². The number of amides is 1. The Labute approximate surface area is 154 Å². The molecule has 0 aliphatic rings. The molecule has 3 aromatic rings. The van der Waals surface area contributed by atoms with Crippen molar-refractivity contribution in [2.45, 2.75) is 46.3 Å². The summed E-state index contributed by atoms with van der Waals surface area (Å²) < 4.78 is 7.81. The van der Waals surface area contributed by atoms with E-state index < -0.39 is 0 Å². The molecule has 0 aliphatic carbocycles. The van der Waals surface area contributed by atoms with Crippen molar-refractivity contribution in [2.75, 3.05) is 0 Å². The standard InChI is InChI=1S/C21H25N3O2/c1-4-17(5-2)23-21(25)16-8-10-19(11-9-16)26-14-18-13-24-12-6-7-15(3)20(24)22-18/h6-13,17H,4-5,14H2,1-3H3,(H,23,25). The largest absolute Gasteiger partial charge is 0.487 e. The Hall–Kier alpha value is -2.82. The third-order valence-corrected chi connectivity index (χ3v) is 4.55. The lowest BCUT2D eigenvalue weighted by Gasteiger charge is -2.14. The highest BCUT2D eigenvalue weighted by molar-refractivity contribution is 5.94. The number of carbonyl (C=O) groups excluding carboxylic acids is 1. The molecule has 0 bridgehead atoms. The highest BCUT2D eigenvalue weighted by atomic mass is 16.5. The molecule has 0 fully saturated rings. The molecule has 0 saturated heterocycles. The van der Waals surface area contributed by atoms with Crippen molar-refractivity contribution in [1.82, 2.24) is 14.7 Å².